The van der Waals surface area contributed by atoms with Crippen molar-refractivity contribution in [3.63, 3.8) is 0 Å². The first-order chi connectivity index (χ1) is 11.4. The van der Waals surface area contributed by atoms with Crippen LogP contribution in [0.25, 0.3) is 0 Å². The number of carbonyl (C=O) groups excluding carboxylic acids is 1. The lowest BCUT2D eigenvalue weighted by molar-refractivity contribution is 0.0921. The molecule has 6 heteroatoms. The molecule has 0 aromatic heterocycles. The van der Waals surface area contributed by atoms with Gasteiger partial charge in [-0.2, -0.15) is 5.26 Å². The van der Waals surface area contributed by atoms with E-state index >= 15 is 0 Å². The summed E-state index contributed by atoms with van der Waals surface area (Å²) in [5.41, 5.74) is 0.476. The Morgan fingerprint density at radius 2 is 2.00 bits per heavy atom. The van der Waals surface area contributed by atoms with Gasteiger partial charge >= 0.3 is 0 Å². The Labute approximate surface area is 144 Å². The van der Waals surface area contributed by atoms with E-state index in [1.54, 1.807) is 12.1 Å². The first kappa shape index (κ1) is 18.5. The van der Waals surface area contributed by atoms with Gasteiger partial charge in [0, 0.05) is 18.0 Å². The molecule has 0 bridgehead atoms. The maximum absolute atomic E-state index is 12.3. The molecule has 1 aromatic rings. The number of amides is 1. The quantitative estimate of drug-likeness (QED) is 0.800. The lowest BCUT2D eigenvalue weighted by atomic mass is 9.87. The van der Waals surface area contributed by atoms with Gasteiger partial charge in [-0.25, -0.2) is 8.42 Å². The van der Waals surface area contributed by atoms with Crippen molar-refractivity contribution in [3.05, 3.63) is 29.8 Å². The number of nitrogens with one attached hydrogen (secondary N) is 1. The molecule has 1 amide bonds. The molecule has 0 heterocycles. The van der Waals surface area contributed by atoms with Crippen molar-refractivity contribution >= 4 is 15.7 Å². The predicted molar refractivity (Wildman–Crippen MR) is 92.2 cm³/mol. The summed E-state index contributed by atoms with van der Waals surface area (Å²) in [6.07, 6.45) is 4.88. The molecule has 1 N–H and O–H groups in total. The van der Waals surface area contributed by atoms with E-state index < -0.39 is 9.84 Å². The van der Waals surface area contributed by atoms with Gasteiger partial charge in [0.25, 0.3) is 5.91 Å². The van der Waals surface area contributed by atoms with Crippen LogP contribution in [0.2, 0.25) is 0 Å². The zero-order valence-electron chi connectivity index (χ0n) is 14.0. The van der Waals surface area contributed by atoms with Crippen LogP contribution < -0.4 is 5.32 Å². The van der Waals surface area contributed by atoms with Crippen molar-refractivity contribution in [2.75, 3.05) is 5.75 Å². The number of unbranched alkanes of at least 4 members (excludes halogenated alkanes) is 1. The molecule has 0 spiro atoms. The van der Waals surface area contributed by atoms with Gasteiger partial charge in [0.1, 0.15) is 0 Å². The lowest BCUT2D eigenvalue weighted by Crippen LogP contribution is -2.37. The van der Waals surface area contributed by atoms with Crippen LogP contribution in [0, 0.1) is 17.2 Å². The van der Waals surface area contributed by atoms with Crippen molar-refractivity contribution in [2.24, 2.45) is 5.92 Å². The van der Waals surface area contributed by atoms with Crippen molar-refractivity contribution in [3.8, 4) is 6.07 Å². The van der Waals surface area contributed by atoms with Crippen LogP contribution in [-0.4, -0.2) is 26.1 Å². The molecule has 0 unspecified atom stereocenters. The highest BCUT2D eigenvalue weighted by Crippen LogP contribution is 2.24. The monoisotopic (exact) mass is 348 g/mol. The number of nitrogens with zero attached hydrogens (tertiary/aromatic N) is 1. The summed E-state index contributed by atoms with van der Waals surface area (Å²) >= 11 is 0. The molecule has 0 radical (unpaired) electrons. The van der Waals surface area contributed by atoms with Crippen LogP contribution in [0.5, 0.6) is 0 Å². The van der Waals surface area contributed by atoms with E-state index in [-0.39, 0.29) is 29.0 Å². The fourth-order valence-corrected chi connectivity index (χ4v) is 4.42. The second-order valence-electron chi connectivity index (χ2n) is 6.55. The number of nitriles is 1. The average Bonchev–Trinajstić information content (AvgIpc) is 2.55. The van der Waals surface area contributed by atoms with Crippen LogP contribution in [0.15, 0.2) is 29.2 Å². The molecule has 1 aliphatic rings. The van der Waals surface area contributed by atoms with E-state index in [2.05, 4.69) is 12.2 Å². The average molecular weight is 348 g/mol. The maximum atomic E-state index is 12.3. The fourth-order valence-electron chi connectivity index (χ4n) is 3.11. The molecule has 1 fully saturated rings. The minimum Gasteiger partial charge on any atom is -0.349 e. The van der Waals surface area contributed by atoms with Gasteiger partial charge in [0.05, 0.1) is 16.7 Å². The van der Waals surface area contributed by atoms with Gasteiger partial charge in [0.2, 0.25) is 0 Å². The van der Waals surface area contributed by atoms with Crippen molar-refractivity contribution in [1.29, 1.82) is 5.26 Å². The van der Waals surface area contributed by atoms with Crippen molar-refractivity contribution in [2.45, 2.75) is 56.4 Å². The molecule has 1 aliphatic carbocycles. The molecular formula is C18H24N2O3S. The third kappa shape index (κ3) is 5.07. The number of sulfone groups is 1. The first-order valence-electron chi connectivity index (χ1n) is 8.43. The van der Waals surface area contributed by atoms with Crippen LogP contribution in [-0.2, 0) is 9.84 Å². The highest BCUT2D eigenvalue weighted by Gasteiger charge is 2.21. The molecule has 24 heavy (non-hydrogen) atoms. The normalized spacial score (nSPS) is 21.0. The molecule has 5 nitrogen and oxygen atoms in total. The molecule has 130 valence electrons. The van der Waals surface area contributed by atoms with Crippen LogP contribution in [0.3, 0.4) is 0 Å². The van der Waals surface area contributed by atoms with Crippen LogP contribution in [0.1, 0.15) is 55.8 Å². The third-order valence-electron chi connectivity index (χ3n) is 4.45. The van der Waals surface area contributed by atoms with Crippen molar-refractivity contribution in [1.82, 2.24) is 5.32 Å². The summed E-state index contributed by atoms with van der Waals surface area (Å²) < 4.78 is 24.3. The Hall–Kier alpha value is -1.87. The molecular weight excluding hydrogens is 324 g/mol. The molecule has 0 aliphatic heterocycles. The number of hydrogen-bond donors (Lipinski definition) is 1. The van der Waals surface area contributed by atoms with Gasteiger partial charge in [0.15, 0.2) is 9.84 Å². The largest absolute Gasteiger partial charge is 0.349 e. The Balaban J connectivity index is 1.98. The standard InChI is InChI=1S/C18H24N2O3S/c1-14-5-4-6-16(13-14)20-18(21)15-7-9-17(10-8-15)24(22,23)12-3-2-11-19/h7-10,14,16H,2-6,12-13H2,1H3,(H,20,21)/t14-,16+/m1/s1. The molecule has 0 saturated heterocycles. The predicted octanol–water partition coefficient (Wildman–Crippen LogP) is 3.07. The van der Waals surface area contributed by atoms with Gasteiger partial charge in [-0.15, -0.1) is 0 Å². The summed E-state index contributed by atoms with van der Waals surface area (Å²) in [5.74, 6) is 0.430. The van der Waals surface area contributed by atoms with Crippen molar-refractivity contribution < 1.29 is 13.2 Å². The number of hydrogen-bond acceptors (Lipinski definition) is 4. The molecule has 1 aromatic carbocycles. The molecule has 2 rings (SSSR count). The topological polar surface area (TPSA) is 87.0 Å². The summed E-state index contributed by atoms with van der Waals surface area (Å²) in [6.45, 7) is 2.20. The maximum Gasteiger partial charge on any atom is 0.251 e. The molecule has 1 saturated carbocycles. The number of rotatable bonds is 6. The first-order valence-corrected chi connectivity index (χ1v) is 10.1. The minimum absolute atomic E-state index is 0.0495. The van der Waals surface area contributed by atoms with Gasteiger partial charge in [-0.1, -0.05) is 19.8 Å². The lowest BCUT2D eigenvalue weighted by Gasteiger charge is -2.27. The SMILES string of the molecule is C[C@@H]1CCC[C@H](NC(=O)c2ccc(S(=O)(=O)CCCC#N)cc2)C1. The second-order valence-corrected chi connectivity index (χ2v) is 8.66. The number of benzene rings is 1. The summed E-state index contributed by atoms with van der Waals surface area (Å²) in [7, 11) is -3.39. The number of carbonyl (C=O) groups is 1. The Kier molecular flexibility index (Phi) is 6.38. The van der Waals surface area contributed by atoms with E-state index in [0.29, 0.717) is 17.9 Å². The van der Waals surface area contributed by atoms with Gasteiger partial charge in [-0.05, 0) is 49.4 Å². The smallest absolute Gasteiger partial charge is 0.251 e. The van der Waals surface area contributed by atoms with Gasteiger partial charge in [-0.3, -0.25) is 4.79 Å². The summed E-state index contributed by atoms with van der Waals surface area (Å²) in [5, 5.41) is 11.5. The van der Waals surface area contributed by atoms with E-state index in [9.17, 15) is 13.2 Å². The fraction of sp³-hybridized carbons (Fsp3) is 0.556. The van der Waals surface area contributed by atoms with E-state index in [0.717, 1.165) is 19.3 Å². The highest BCUT2D eigenvalue weighted by atomic mass is 32.2. The van der Waals surface area contributed by atoms with Gasteiger partial charge < -0.3 is 5.32 Å². The summed E-state index contributed by atoms with van der Waals surface area (Å²) in [4.78, 5) is 12.5. The molecule has 2 atom stereocenters. The van der Waals surface area contributed by atoms with Crippen LogP contribution in [0.4, 0.5) is 0 Å². The van der Waals surface area contributed by atoms with E-state index in [1.165, 1.54) is 18.6 Å². The highest BCUT2D eigenvalue weighted by molar-refractivity contribution is 7.91. The zero-order valence-corrected chi connectivity index (χ0v) is 14.8. The Morgan fingerprint density at radius 1 is 1.29 bits per heavy atom. The Morgan fingerprint density at radius 3 is 2.62 bits per heavy atom. The summed E-state index contributed by atoms with van der Waals surface area (Å²) in [6, 6.07) is 8.20. The second kappa shape index (κ2) is 8.29. The zero-order chi connectivity index (χ0) is 17.6. The van der Waals surface area contributed by atoms with E-state index in [1.807, 2.05) is 6.07 Å². The Bertz CT molecular complexity index is 705. The minimum atomic E-state index is -3.39. The van der Waals surface area contributed by atoms with Crippen LogP contribution >= 0.6 is 0 Å². The third-order valence-corrected chi connectivity index (χ3v) is 6.27. The van der Waals surface area contributed by atoms with E-state index in [4.69, 9.17) is 5.26 Å².